The monoisotopic (exact) mass is 398 g/mol. The highest BCUT2D eigenvalue weighted by Crippen LogP contribution is 2.31. The zero-order valence-electron chi connectivity index (χ0n) is 15.2. The average molecular weight is 398 g/mol. The average Bonchev–Trinajstić information content (AvgIpc) is 2.68. The zero-order valence-corrected chi connectivity index (χ0v) is 15.2. The lowest BCUT2D eigenvalue weighted by Crippen LogP contribution is -2.49. The van der Waals surface area contributed by atoms with Gasteiger partial charge >= 0.3 is 6.18 Å². The summed E-state index contributed by atoms with van der Waals surface area (Å²) in [6.07, 6.45) is -5.07. The highest BCUT2D eigenvalue weighted by atomic mass is 19.4. The summed E-state index contributed by atoms with van der Waals surface area (Å²) in [6.45, 7) is 2.89. The first kappa shape index (κ1) is 20.4. The van der Waals surface area contributed by atoms with Crippen LogP contribution in [0.4, 0.5) is 23.2 Å². The van der Waals surface area contributed by atoms with Crippen LogP contribution in [0.1, 0.15) is 5.56 Å². The van der Waals surface area contributed by atoms with E-state index < -0.39 is 17.8 Å². The maximum atomic E-state index is 12.9. The lowest BCUT2D eigenvalue weighted by atomic mass is 10.1. The van der Waals surface area contributed by atoms with Gasteiger partial charge in [-0.05, 0) is 42.5 Å². The summed E-state index contributed by atoms with van der Waals surface area (Å²) in [5, 5.41) is 10.1. The van der Waals surface area contributed by atoms with E-state index in [0.717, 1.165) is 6.07 Å². The number of ether oxygens (including phenoxy) is 1. The first-order valence-electron chi connectivity index (χ1n) is 9.02. The molecule has 0 spiro atoms. The number of alkyl halides is 3. The summed E-state index contributed by atoms with van der Waals surface area (Å²) in [5.74, 6) is 0.126. The molecule has 0 aliphatic carbocycles. The van der Waals surface area contributed by atoms with Gasteiger partial charge in [-0.25, -0.2) is 4.39 Å². The van der Waals surface area contributed by atoms with E-state index in [1.54, 1.807) is 6.07 Å². The molecule has 4 nitrogen and oxygen atoms in total. The summed E-state index contributed by atoms with van der Waals surface area (Å²) in [4.78, 5) is 3.95. The summed E-state index contributed by atoms with van der Waals surface area (Å²) in [7, 11) is 0. The molecule has 1 atom stereocenters. The summed E-state index contributed by atoms with van der Waals surface area (Å²) >= 11 is 0. The molecule has 152 valence electrons. The number of nitrogens with zero attached hydrogens (tertiary/aromatic N) is 2. The van der Waals surface area contributed by atoms with Crippen molar-refractivity contribution in [1.82, 2.24) is 4.90 Å². The number of hydrogen-bond acceptors (Lipinski definition) is 4. The van der Waals surface area contributed by atoms with Crippen LogP contribution in [-0.2, 0) is 6.18 Å². The van der Waals surface area contributed by atoms with Crippen molar-refractivity contribution in [2.24, 2.45) is 0 Å². The van der Waals surface area contributed by atoms with Crippen LogP contribution < -0.4 is 9.64 Å². The minimum Gasteiger partial charge on any atom is -0.491 e. The van der Waals surface area contributed by atoms with Crippen LogP contribution in [-0.4, -0.2) is 55.4 Å². The molecule has 2 aromatic rings. The van der Waals surface area contributed by atoms with E-state index in [2.05, 4.69) is 0 Å². The molecular weight excluding hydrogens is 376 g/mol. The Kier molecular flexibility index (Phi) is 6.41. The lowest BCUT2D eigenvalue weighted by molar-refractivity contribution is -0.137. The molecule has 8 heteroatoms. The molecule has 28 heavy (non-hydrogen) atoms. The molecule has 1 heterocycles. The van der Waals surface area contributed by atoms with Crippen LogP contribution in [0, 0.1) is 5.82 Å². The topological polar surface area (TPSA) is 35.9 Å². The smallest absolute Gasteiger partial charge is 0.416 e. The third-order valence-electron chi connectivity index (χ3n) is 4.64. The van der Waals surface area contributed by atoms with Crippen LogP contribution in [0.5, 0.6) is 5.75 Å². The first-order chi connectivity index (χ1) is 13.3. The first-order valence-corrected chi connectivity index (χ1v) is 9.02. The number of β-amino-alcohol motifs (C(OH)–C–C–N with tert-alkyl or cyclic N) is 1. The summed E-state index contributed by atoms with van der Waals surface area (Å²) < 4.78 is 56.9. The van der Waals surface area contributed by atoms with Gasteiger partial charge in [0.25, 0.3) is 0 Å². The Bertz CT molecular complexity index is 760. The number of halogens is 4. The van der Waals surface area contributed by atoms with E-state index in [-0.39, 0.29) is 12.4 Å². The number of aliphatic hydroxyl groups is 1. The molecule has 0 unspecified atom stereocenters. The van der Waals surface area contributed by atoms with E-state index >= 15 is 0 Å². The van der Waals surface area contributed by atoms with E-state index in [1.807, 2.05) is 9.80 Å². The van der Waals surface area contributed by atoms with Crippen molar-refractivity contribution >= 4 is 5.69 Å². The molecule has 1 fully saturated rings. The molecule has 0 bridgehead atoms. The quantitative estimate of drug-likeness (QED) is 0.757. The second kappa shape index (κ2) is 8.79. The minimum absolute atomic E-state index is 0.0828. The predicted octanol–water partition coefficient (Wildman–Crippen LogP) is 3.41. The summed E-state index contributed by atoms with van der Waals surface area (Å²) in [6, 6.07) is 10.9. The van der Waals surface area contributed by atoms with Gasteiger partial charge in [0.2, 0.25) is 0 Å². The molecule has 0 radical (unpaired) electrons. The van der Waals surface area contributed by atoms with E-state index in [4.69, 9.17) is 4.74 Å². The maximum absolute atomic E-state index is 12.9. The third kappa shape index (κ3) is 5.59. The number of aliphatic hydroxyl groups excluding tert-OH is 1. The Morgan fingerprint density at radius 2 is 1.68 bits per heavy atom. The van der Waals surface area contributed by atoms with Gasteiger partial charge < -0.3 is 14.7 Å². The van der Waals surface area contributed by atoms with Crippen molar-refractivity contribution in [3.05, 3.63) is 59.9 Å². The van der Waals surface area contributed by atoms with E-state index in [0.29, 0.717) is 44.2 Å². The van der Waals surface area contributed by atoms with Crippen molar-refractivity contribution in [2.75, 3.05) is 44.2 Å². The second-order valence-electron chi connectivity index (χ2n) is 6.75. The molecule has 0 amide bonds. The fraction of sp³-hybridized carbons (Fsp3) is 0.400. The molecule has 2 aromatic carbocycles. The molecule has 1 saturated heterocycles. The van der Waals surface area contributed by atoms with Crippen molar-refractivity contribution in [3.8, 4) is 5.75 Å². The van der Waals surface area contributed by atoms with Gasteiger partial charge in [-0.15, -0.1) is 0 Å². The third-order valence-corrected chi connectivity index (χ3v) is 4.64. The van der Waals surface area contributed by atoms with Crippen LogP contribution in [0.2, 0.25) is 0 Å². The Hall–Kier alpha value is -2.32. The van der Waals surface area contributed by atoms with Gasteiger partial charge in [0.15, 0.2) is 0 Å². The number of hydrogen-bond donors (Lipinski definition) is 1. The van der Waals surface area contributed by atoms with Gasteiger partial charge in [0, 0.05) is 38.4 Å². The Morgan fingerprint density at radius 3 is 2.32 bits per heavy atom. The molecule has 0 aromatic heterocycles. The van der Waals surface area contributed by atoms with Crippen LogP contribution in [0.3, 0.4) is 0 Å². The van der Waals surface area contributed by atoms with Crippen molar-refractivity contribution in [2.45, 2.75) is 12.3 Å². The molecule has 1 aliphatic rings. The van der Waals surface area contributed by atoms with E-state index in [9.17, 15) is 22.7 Å². The van der Waals surface area contributed by atoms with Gasteiger partial charge in [0.1, 0.15) is 24.3 Å². The molecule has 1 aliphatic heterocycles. The van der Waals surface area contributed by atoms with Crippen LogP contribution >= 0.6 is 0 Å². The normalized spacial score (nSPS) is 16.8. The van der Waals surface area contributed by atoms with E-state index in [1.165, 1.54) is 36.4 Å². The zero-order chi connectivity index (χ0) is 20.1. The minimum atomic E-state index is -4.35. The van der Waals surface area contributed by atoms with Gasteiger partial charge in [-0.1, -0.05) is 6.07 Å². The lowest BCUT2D eigenvalue weighted by Gasteiger charge is -2.37. The molecule has 1 N–H and O–H groups in total. The highest BCUT2D eigenvalue weighted by molar-refractivity contribution is 5.49. The SMILES string of the molecule is O[C@H](COc1ccc(F)cc1)CN1CCN(c2cccc(C(F)(F)F)c2)CC1. The number of rotatable bonds is 6. The number of piperazine rings is 1. The number of anilines is 1. The van der Waals surface area contributed by atoms with Crippen molar-refractivity contribution < 1.29 is 27.4 Å². The Labute approximate surface area is 160 Å². The van der Waals surface area contributed by atoms with Crippen molar-refractivity contribution in [3.63, 3.8) is 0 Å². The van der Waals surface area contributed by atoms with Gasteiger partial charge in [-0.2, -0.15) is 13.2 Å². The Balaban J connectivity index is 1.45. The number of benzene rings is 2. The molecule has 3 rings (SSSR count). The van der Waals surface area contributed by atoms with Crippen LogP contribution in [0.25, 0.3) is 0 Å². The molecule has 0 saturated carbocycles. The summed E-state index contributed by atoms with van der Waals surface area (Å²) in [5.41, 5.74) is -0.101. The largest absolute Gasteiger partial charge is 0.491 e. The van der Waals surface area contributed by atoms with Gasteiger partial charge in [0.05, 0.1) is 5.56 Å². The maximum Gasteiger partial charge on any atom is 0.416 e. The Morgan fingerprint density at radius 1 is 1.00 bits per heavy atom. The standard InChI is InChI=1S/C20H22F4N2O2/c21-16-4-6-19(7-5-16)28-14-18(27)13-25-8-10-26(11-9-25)17-3-1-2-15(12-17)20(22,23)24/h1-7,12,18,27H,8-11,13-14H2/t18-/m0/s1. The van der Waals surface area contributed by atoms with Crippen molar-refractivity contribution in [1.29, 1.82) is 0 Å². The highest BCUT2D eigenvalue weighted by Gasteiger charge is 2.31. The predicted molar refractivity (Wildman–Crippen MR) is 98.0 cm³/mol. The molecular formula is C20H22F4N2O2. The van der Waals surface area contributed by atoms with Crippen LogP contribution in [0.15, 0.2) is 48.5 Å². The fourth-order valence-corrected chi connectivity index (χ4v) is 3.14. The van der Waals surface area contributed by atoms with Gasteiger partial charge in [-0.3, -0.25) is 4.90 Å². The fourth-order valence-electron chi connectivity index (χ4n) is 3.14. The second-order valence-corrected chi connectivity index (χ2v) is 6.75.